The number of rotatable bonds is 3. The SMILES string of the molecule is Cc1ccoc1C(Cl)Cc1ccsc1. The van der Waals surface area contributed by atoms with Crippen LogP contribution in [0.3, 0.4) is 0 Å². The molecule has 1 atom stereocenters. The Morgan fingerprint density at radius 1 is 1.50 bits per heavy atom. The van der Waals surface area contributed by atoms with Gasteiger partial charge in [0.15, 0.2) is 0 Å². The van der Waals surface area contributed by atoms with Crippen molar-refractivity contribution in [2.24, 2.45) is 0 Å². The number of hydrogen-bond acceptors (Lipinski definition) is 2. The first-order valence-electron chi connectivity index (χ1n) is 4.46. The third kappa shape index (κ3) is 2.02. The zero-order chi connectivity index (χ0) is 9.97. The second-order valence-corrected chi connectivity index (χ2v) is 4.58. The Hall–Kier alpha value is -0.730. The lowest BCUT2D eigenvalue weighted by molar-refractivity contribution is 0.499. The summed E-state index contributed by atoms with van der Waals surface area (Å²) in [4.78, 5) is 0. The Morgan fingerprint density at radius 2 is 2.36 bits per heavy atom. The van der Waals surface area contributed by atoms with Gasteiger partial charge in [-0.25, -0.2) is 0 Å². The largest absolute Gasteiger partial charge is 0.467 e. The maximum atomic E-state index is 6.26. The van der Waals surface area contributed by atoms with Gasteiger partial charge in [0.1, 0.15) is 5.76 Å². The van der Waals surface area contributed by atoms with Crippen LogP contribution in [0.25, 0.3) is 0 Å². The van der Waals surface area contributed by atoms with E-state index in [2.05, 4.69) is 16.8 Å². The van der Waals surface area contributed by atoms with Crippen LogP contribution in [0.15, 0.2) is 33.6 Å². The van der Waals surface area contributed by atoms with Crippen LogP contribution in [0.4, 0.5) is 0 Å². The van der Waals surface area contributed by atoms with Crippen molar-refractivity contribution >= 4 is 22.9 Å². The Labute approximate surface area is 92.3 Å². The fourth-order valence-electron chi connectivity index (χ4n) is 1.41. The number of aryl methyl sites for hydroxylation is 1. The third-order valence-electron chi connectivity index (χ3n) is 2.18. The predicted molar refractivity (Wildman–Crippen MR) is 60.1 cm³/mol. The number of hydrogen-bond donors (Lipinski definition) is 0. The molecule has 0 amide bonds. The van der Waals surface area contributed by atoms with Gasteiger partial charge in [-0.3, -0.25) is 0 Å². The van der Waals surface area contributed by atoms with Crippen LogP contribution in [-0.2, 0) is 6.42 Å². The molecule has 2 rings (SSSR count). The Kier molecular flexibility index (Phi) is 2.94. The lowest BCUT2D eigenvalue weighted by Gasteiger charge is -2.05. The van der Waals surface area contributed by atoms with Crippen molar-refractivity contribution in [1.29, 1.82) is 0 Å². The quantitative estimate of drug-likeness (QED) is 0.716. The Morgan fingerprint density at radius 3 is 2.93 bits per heavy atom. The number of halogens is 1. The molecule has 0 aliphatic heterocycles. The van der Waals surface area contributed by atoms with Gasteiger partial charge in [0, 0.05) is 0 Å². The molecule has 2 heterocycles. The summed E-state index contributed by atoms with van der Waals surface area (Å²) in [6.07, 6.45) is 2.52. The second kappa shape index (κ2) is 4.20. The summed E-state index contributed by atoms with van der Waals surface area (Å²) in [6, 6.07) is 4.04. The highest BCUT2D eigenvalue weighted by Gasteiger charge is 2.14. The van der Waals surface area contributed by atoms with Gasteiger partial charge >= 0.3 is 0 Å². The summed E-state index contributed by atoms with van der Waals surface area (Å²) in [5.74, 6) is 0.887. The van der Waals surface area contributed by atoms with Crippen LogP contribution in [0.1, 0.15) is 22.3 Å². The zero-order valence-electron chi connectivity index (χ0n) is 7.87. The van der Waals surface area contributed by atoms with Crippen LogP contribution >= 0.6 is 22.9 Å². The highest BCUT2D eigenvalue weighted by atomic mass is 35.5. The highest BCUT2D eigenvalue weighted by molar-refractivity contribution is 7.07. The molecular formula is C11H11ClOS. The molecular weight excluding hydrogens is 216 g/mol. The standard InChI is InChI=1S/C11H11ClOS/c1-8-2-4-13-11(8)10(12)6-9-3-5-14-7-9/h2-5,7,10H,6H2,1H3. The lowest BCUT2D eigenvalue weighted by atomic mass is 10.1. The minimum atomic E-state index is -0.0559. The van der Waals surface area contributed by atoms with E-state index >= 15 is 0 Å². The van der Waals surface area contributed by atoms with Crippen molar-refractivity contribution in [3.05, 3.63) is 46.0 Å². The van der Waals surface area contributed by atoms with Gasteiger partial charge in [-0.15, -0.1) is 11.6 Å². The van der Waals surface area contributed by atoms with Crippen LogP contribution < -0.4 is 0 Å². The summed E-state index contributed by atoms with van der Waals surface area (Å²) in [7, 11) is 0. The predicted octanol–water partition coefficient (Wildman–Crippen LogP) is 4.17. The highest BCUT2D eigenvalue weighted by Crippen LogP contribution is 2.28. The van der Waals surface area contributed by atoms with E-state index in [9.17, 15) is 0 Å². The number of thiophene rings is 1. The summed E-state index contributed by atoms with van der Waals surface area (Å²) in [6.45, 7) is 2.02. The van der Waals surface area contributed by atoms with E-state index in [4.69, 9.17) is 16.0 Å². The van der Waals surface area contributed by atoms with Gasteiger partial charge < -0.3 is 4.42 Å². The van der Waals surface area contributed by atoms with Crippen molar-refractivity contribution in [2.75, 3.05) is 0 Å². The van der Waals surface area contributed by atoms with E-state index in [0.717, 1.165) is 17.7 Å². The molecule has 74 valence electrons. The van der Waals surface area contributed by atoms with Crippen molar-refractivity contribution in [3.8, 4) is 0 Å². The van der Waals surface area contributed by atoms with Gasteiger partial charge in [0.2, 0.25) is 0 Å². The molecule has 1 unspecified atom stereocenters. The topological polar surface area (TPSA) is 13.1 Å². The molecule has 0 fully saturated rings. The van der Waals surface area contributed by atoms with Gasteiger partial charge in [-0.1, -0.05) is 0 Å². The molecule has 0 aliphatic rings. The molecule has 2 aromatic heterocycles. The van der Waals surface area contributed by atoms with Crippen molar-refractivity contribution < 1.29 is 4.42 Å². The number of alkyl halides is 1. The first-order chi connectivity index (χ1) is 6.77. The average molecular weight is 227 g/mol. The molecule has 0 saturated carbocycles. The summed E-state index contributed by atoms with van der Waals surface area (Å²) in [5.41, 5.74) is 2.39. The summed E-state index contributed by atoms with van der Waals surface area (Å²) < 4.78 is 5.35. The fourth-order valence-corrected chi connectivity index (χ4v) is 2.50. The average Bonchev–Trinajstić information content (AvgIpc) is 2.75. The third-order valence-corrected chi connectivity index (χ3v) is 3.27. The molecule has 1 nitrogen and oxygen atoms in total. The lowest BCUT2D eigenvalue weighted by Crippen LogP contribution is -1.94. The zero-order valence-corrected chi connectivity index (χ0v) is 9.44. The van der Waals surface area contributed by atoms with Crippen LogP contribution in [0.2, 0.25) is 0 Å². The van der Waals surface area contributed by atoms with Gasteiger partial charge in [-0.2, -0.15) is 11.3 Å². The molecule has 0 aliphatic carbocycles. The molecule has 0 bridgehead atoms. The minimum Gasteiger partial charge on any atom is -0.467 e. The molecule has 0 radical (unpaired) electrons. The second-order valence-electron chi connectivity index (χ2n) is 3.27. The molecule has 0 saturated heterocycles. The smallest absolute Gasteiger partial charge is 0.124 e. The van der Waals surface area contributed by atoms with Gasteiger partial charge in [-0.05, 0) is 47.4 Å². The minimum absolute atomic E-state index is 0.0559. The molecule has 0 N–H and O–H groups in total. The maximum absolute atomic E-state index is 6.26. The van der Waals surface area contributed by atoms with Crippen molar-refractivity contribution in [3.63, 3.8) is 0 Å². The monoisotopic (exact) mass is 226 g/mol. The van der Waals surface area contributed by atoms with E-state index < -0.39 is 0 Å². The van der Waals surface area contributed by atoms with E-state index in [1.54, 1.807) is 17.6 Å². The molecule has 0 aromatic carbocycles. The van der Waals surface area contributed by atoms with Crippen LogP contribution in [0.5, 0.6) is 0 Å². The van der Waals surface area contributed by atoms with Crippen LogP contribution in [-0.4, -0.2) is 0 Å². The fraction of sp³-hybridized carbons (Fsp3) is 0.273. The van der Waals surface area contributed by atoms with E-state index in [0.29, 0.717) is 0 Å². The van der Waals surface area contributed by atoms with Crippen molar-refractivity contribution in [2.45, 2.75) is 18.7 Å². The molecule has 3 heteroatoms. The Balaban J connectivity index is 2.10. The van der Waals surface area contributed by atoms with E-state index in [1.165, 1.54) is 5.56 Å². The molecule has 0 spiro atoms. The van der Waals surface area contributed by atoms with Gasteiger partial charge in [0.05, 0.1) is 11.6 Å². The normalized spacial score (nSPS) is 13.0. The number of furan rings is 1. The van der Waals surface area contributed by atoms with E-state index in [1.807, 2.05) is 13.0 Å². The van der Waals surface area contributed by atoms with Crippen molar-refractivity contribution in [1.82, 2.24) is 0 Å². The first kappa shape index (κ1) is 9.81. The van der Waals surface area contributed by atoms with E-state index in [-0.39, 0.29) is 5.38 Å². The molecule has 2 aromatic rings. The summed E-state index contributed by atoms with van der Waals surface area (Å²) >= 11 is 7.95. The molecule has 14 heavy (non-hydrogen) atoms. The maximum Gasteiger partial charge on any atom is 0.124 e. The van der Waals surface area contributed by atoms with Gasteiger partial charge in [0.25, 0.3) is 0 Å². The summed E-state index contributed by atoms with van der Waals surface area (Å²) in [5, 5.41) is 4.13. The Bertz CT molecular complexity index is 391. The van der Waals surface area contributed by atoms with Crippen LogP contribution in [0, 0.1) is 6.92 Å². The first-order valence-corrected chi connectivity index (χ1v) is 5.84.